The number of hydrogen-bond acceptors (Lipinski definition) is 1. The third-order valence-electron chi connectivity index (χ3n) is 3.37. The minimum absolute atomic E-state index is 0.366. The Morgan fingerprint density at radius 1 is 0.765 bits per heavy atom. The largest absolute Gasteiger partial charge is 0.299 e. The zero-order chi connectivity index (χ0) is 11.7. The number of aryl methyl sites for hydroxylation is 1. The lowest BCUT2D eigenvalue weighted by Crippen LogP contribution is -2.12. The Bertz CT molecular complexity index is 555. The smallest absolute Gasteiger partial charge is 0.137 e. The third-order valence-corrected chi connectivity index (χ3v) is 3.37. The van der Waals surface area contributed by atoms with Crippen molar-refractivity contribution in [3.63, 3.8) is 0 Å². The van der Waals surface area contributed by atoms with Crippen LogP contribution in [0.25, 0.3) is 11.1 Å². The molecule has 0 atom stereocenters. The zero-order valence-corrected chi connectivity index (χ0v) is 9.65. The molecular formula is C16H14O. The van der Waals surface area contributed by atoms with Crippen molar-refractivity contribution in [2.75, 3.05) is 0 Å². The van der Waals surface area contributed by atoms with E-state index in [4.69, 9.17) is 0 Å². The van der Waals surface area contributed by atoms with Gasteiger partial charge in [0.15, 0.2) is 0 Å². The van der Waals surface area contributed by atoms with E-state index in [2.05, 4.69) is 42.5 Å². The molecule has 1 aliphatic carbocycles. The van der Waals surface area contributed by atoms with Crippen molar-refractivity contribution >= 4 is 5.78 Å². The summed E-state index contributed by atoms with van der Waals surface area (Å²) in [5.41, 5.74) is 5.04. The SMILES string of the molecule is O=C1CCc2cc(-c3ccccc3)ccc2C1. The number of hydrogen-bond donors (Lipinski definition) is 0. The van der Waals surface area contributed by atoms with Gasteiger partial charge >= 0.3 is 0 Å². The average molecular weight is 222 g/mol. The Balaban J connectivity index is 2.02. The lowest BCUT2D eigenvalue weighted by molar-refractivity contribution is -0.118. The minimum atomic E-state index is 0.366. The highest BCUT2D eigenvalue weighted by molar-refractivity contribution is 5.83. The van der Waals surface area contributed by atoms with Crippen molar-refractivity contribution in [1.82, 2.24) is 0 Å². The van der Waals surface area contributed by atoms with E-state index in [-0.39, 0.29) is 0 Å². The predicted octanol–water partition coefficient (Wildman–Crippen LogP) is 3.41. The van der Waals surface area contributed by atoms with E-state index in [9.17, 15) is 4.79 Å². The Kier molecular flexibility index (Phi) is 2.52. The van der Waals surface area contributed by atoms with Gasteiger partial charge in [-0.3, -0.25) is 4.79 Å². The fourth-order valence-electron chi connectivity index (χ4n) is 2.42. The lowest BCUT2D eigenvalue weighted by Gasteiger charge is -2.16. The van der Waals surface area contributed by atoms with E-state index in [1.165, 1.54) is 22.3 Å². The number of benzene rings is 2. The summed E-state index contributed by atoms with van der Waals surface area (Å²) in [5, 5.41) is 0. The summed E-state index contributed by atoms with van der Waals surface area (Å²) in [6.07, 6.45) is 2.21. The summed E-state index contributed by atoms with van der Waals surface area (Å²) in [6, 6.07) is 16.8. The van der Waals surface area contributed by atoms with E-state index in [0.717, 1.165) is 6.42 Å². The fraction of sp³-hybridized carbons (Fsp3) is 0.188. The number of rotatable bonds is 1. The second-order valence-corrected chi connectivity index (χ2v) is 4.56. The van der Waals surface area contributed by atoms with Crippen LogP contribution in [0.4, 0.5) is 0 Å². The maximum atomic E-state index is 11.4. The molecule has 0 saturated carbocycles. The number of ketones is 1. The van der Waals surface area contributed by atoms with Gasteiger partial charge in [-0.2, -0.15) is 0 Å². The fourth-order valence-corrected chi connectivity index (χ4v) is 2.42. The maximum absolute atomic E-state index is 11.4. The van der Waals surface area contributed by atoms with Crippen molar-refractivity contribution in [1.29, 1.82) is 0 Å². The maximum Gasteiger partial charge on any atom is 0.137 e. The van der Waals surface area contributed by atoms with Gasteiger partial charge in [-0.1, -0.05) is 48.5 Å². The van der Waals surface area contributed by atoms with Crippen LogP contribution >= 0.6 is 0 Å². The molecule has 0 radical (unpaired) electrons. The van der Waals surface area contributed by atoms with Gasteiger partial charge < -0.3 is 0 Å². The summed E-state index contributed by atoms with van der Waals surface area (Å²) in [6.45, 7) is 0. The molecule has 0 bridgehead atoms. The van der Waals surface area contributed by atoms with Crippen molar-refractivity contribution in [2.45, 2.75) is 19.3 Å². The van der Waals surface area contributed by atoms with Crippen molar-refractivity contribution in [3.8, 4) is 11.1 Å². The van der Waals surface area contributed by atoms with Crippen molar-refractivity contribution < 1.29 is 4.79 Å². The first-order valence-electron chi connectivity index (χ1n) is 6.02. The quantitative estimate of drug-likeness (QED) is 0.722. The molecule has 1 nitrogen and oxygen atoms in total. The first kappa shape index (κ1) is 10.3. The molecule has 17 heavy (non-hydrogen) atoms. The van der Waals surface area contributed by atoms with Crippen LogP contribution in [0.2, 0.25) is 0 Å². The molecule has 0 amide bonds. The Labute approximate surface area is 101 Å². The summed E-state index contributed by atoms with van der Waals surface area (Å²) in [4.78, 5) is 11.4. The van der Waals surface area contributed by atoms with Gasteiger partial charge in [-0.25, -0.2) is 0 Å². The molecule has 0 saturated heterocycles. The Hall–Kier alpha value is -1.89. The zero-order valence-electron chi connectivity index (χ0n) is 9.65. The highest BCUT2D eigenvalue weighted by Gasteiger charge is 2.15. The van der Waals surface area contributed by atoms with Gasteiger partial charge in [-0.15, -0.1) is 0 Å². The Morgan fingerprint density at radius 3 is 2.41 bits per heavy atom. The lowest BCUT2D eigenvalue weighted by atomic mass is 9.88. The standard InChI is InChI=1S/C16H14O/c17-16-9-8-14-10-13(6-7-15(14)11-16)12-4-2-1-3-5-12/h1-7,10H,8-9,11H2. The number of carbonyl (C=O) groups excluding carboxylic acids is 1. The van der Waals surface area contributed by atoms with Crippen LogP contribution in [-0.2, 0) is 17.6 Å². The van der Waals surface area contributed by atoms with Crippen LogP contribution < -0.4 is 0 Å². The summed E-state index contributed by atoms with van der Waals surface area (Å²) in [7, 11) is 0. The van der Waals surface area contributed by atoms with Crippen LogP contribution in [0.3, 0.4) is 0 Å². The van der Waals surface area contributed by atoms with Crippen LogP contribution in [0, 0.1) is 0 Å². The van der Waals surface area contributed by atoms with E-state index in [0.29, 0.717) is 18.6 Å². The predicted molar refractivity (Wildman–Crippen MR) is 68.9 cm³/mol. The number of fused-ring (bicyclic) bond motifs is 1. The van der Waals surface area contributed by atoms with Gasteiger partial charge in [0.1, 0.15) is 5.78 Å². The summed E-state index contributed by atoms with van der Waals surface area (Å²) in [5.74, 6) is 0.366. The molecule has 0 aromatic heterocycles. The van der Waals surface area contributed by atoms with Crippen LogP contribution in [0.5, 0.6) is 0 Å². The summed E-state index contributed by atoms with van der Waals surface area (Å²) >= 11 is 0. The minimum Gasteiger partial charge on any atom is -0.299 e. The van der Waals surface area contributed by atoms with Gasteiger partial charge in [0.05, 0.1) is 0 Å². The van der Waals surface area contributed by atoms with Crippen molar-refractivity contribution in [3.05, 3.63) is 59.7 Å². The summed E-state index contributed by atoms with van der Waals surface area (Å²) < 4.78 is 0. The molecule has 2 aromatic rings. The molecule has 0 N–H and O–H groups in total. The third kappa shape index (κ3) is 2.01. The highest BCUT2D eigenvalue weighted by Crippen LogP contribution is 2.26. The molecule has 2 aromatic carbocycles. The van der Waals surface area contributed by atoms with E-state index >= 15 is 0 Å². The number of carbonyl (C=O) groups is 1. The Morgan fingerprint density at radius 2 is 1.59 bits per heavy atom. The average Bonchev–Trinajstić information content (AvgIpc) is 2.39. The topological polar surface area (TPSA) is 17.1 Å². The van der Waals surface area contributed by atoms with Gasteiger partial charge in [0.25, 0.3) is 0 Å². The molecule has 0 aliphatic heterocycles. The van der Waals surface area contributed by atoms with Crippen LogP contribution in [-0.4, -0.2) is 5.78 Å². The van der Waals surface area contributed by atoms with Crippen molar-refractivity contribution in [2.24, 2.45) is 0 Å². The molecule has 0 unspecified atom stereocenters. The molecule has 0 spiro atoms. The first-order chi connectivity index (χ1) is 8.33. The van der Waals surface area contributed by atoms with Gasteiger partial charge in [0, 0.05) is 12.8 Å². The molecular weight excluding hydrogens is 208 g/mol. The molecule has 3 rings (SSSR count). The van der Waals surface area contributed by atoms with Crippen LogP contribution in [0.15, 0.2) is 48.5 Å². The van der Waals surface area contributed by atoms with E-state index in [1.807, 2.05) is 6.07 Å². The van der Waals surface area contributed by atoms with E-state index < -0.39 is 0 Å². The highest BCUT2D eigenvalue weighted by atomic mass is 16.1. The van der Waals surface area contributed by atoms with E-state index in [1.54, 1.807) is 0 Å². The molecule has 1 aliphatic rings. The first-order valence-corrected chi connectivity index (χ1v) is 6.02. The molecule has 84 valence electrons. The van der Waals surface area contributed by atoms with Gasteiger partial charge in [0.2, 0.25) is 0 Å². The normalized spacial score (nSPS) is 14.5. The van der Waals surface area contributed by atoms with Gasteiger partial charge in [-0.05, 0) is 28.7 Å². The number of Topliss-reactive ketones (excluding diaryl/α,β-unsaturated/α-hetero) is 1. The second kappa shape index (κ2) is 4.17. The van der Waals surface area contributed by atoms with Crippen LogP contribution in [0.1, 0.15) is 17.5 Å². The molecule has 0 heterocycles. The molecule has 1 heteroatoms. The monoisotopic (exact) mass is 222 g/mol. The second-order valence-electron chi connectivity index (χ2n) is 4.56. The molecule has 0 fully saturated rings.